The van der Waals surface area contributed by atoms with Crippen molar-refractivity contribution in [2.45, 2.75) is 45.2 Å². The van der Waals surface area contributed by atoms with E-state index in [1.165, 1.54) is 12.6 Å². The van der Waals surface area contributed by atoms with Gasteiger partial charge < -0.3 is 26.5 Å². The lowest BCUT2D eigenvalue weighted by Crippen LogP contribution is -2.41. The van der Waals surface area contributed by atoms with Gasteiger partial charge in [0.2, 0.25) is 5.91 Å². The Morgan fingerprint density at radius 1 is 1.12 bits per heavy atom. The summed E-state index contributed by atoms with van der Waals surface area (Å²) < 4.78 is 0. The van der Waals surface area contributed by atoms with Gasteiger partial charge in [0.1, 0.15) is 0 Å². The maximum atomic E-state index is 12.4. The van der Waals surface area contributed by atoms with E-state index in [9.17, 15) is 9.59 Å². The molecule has 1 fully saturated rings. The van der Waals surface area contributed by atoms with Crippen LogP contribution in [-0.2, 0) is 21.0 Å². The molecule has 0 spiro atoms. The van der Waals surface area contributed by atoms with Crippen LogP contribution < -0.4 is 21.7 Å². The maximum Gasteiger partial charge on any atom is 0.332 e. The second-order valence-electron chi connectivity index (χ2n) is 8.42. The van der Waals surface area contributed by atoms with E-state index >= 15 is 0 Å². The molecule has 1 heterocycles. The molecular weight excluding hydrogens is 418 g/mol. The number of hydrogen-bond acceptors (Lipinski definition) is 6. The lowest BCUT2D eigenvalue weighted by molar-refractivity contribution is -0.140. The van der Waals surface area contributed by atoms with E-state index in [0.717, 1.165) is 37.9 Å². The van der Waals surface area contributed by atoms with Crippen LogP contribution in [0.25, 0.3) is 0 Å². The monoisotopic (exact) mass is 451 g/mol. The number of oxime groups is 1. The molecule has 1 aliphatic heterocycles. The van der Waals surface area contributed by atoms with Gasteiger partial charge in [-0.05, 0) is 49.3 Å². The zero-order valence-electron chi connectivity index (χ0n) is 19.1. The molecule has 5 N–H and O–H groups in total. The molecule has 1 amide bonds. The number of nitrogens with two attached hydrogens (primary N) is 2. The number of para-hydroxylation sites is 1. The van der Waals surface area contributed by atoms with Crippen LogP contribution in [0, 0.1) is 5.92 Å². The molecular formula is C25H33N5O3. The van der Waals surface area contributed by atoms with Crippen LogP contribution >= 0.6 is 0 Å². The van der Waals surface area contributed by atoms with Crippen molar-refractivity contribution in [3.8, 4) is 0 Å². The van der Waals surface area contributed by atoms with Crippen molar-refractivity contribution in [3.63, 3.8) is 0 Å². The first-order valence-electron chi connectivity index (χ1n) is 11.4. The van der Waals surface area contributed by atoms with Gasteiger partial charge in [0.05, 0.1) is 6.04 Å². The summed E-state index contributed by atoms with van der Waals surface area (Å²) in [7, 11) is 0. The molecule has 0 radical (unpaired) electrons. The molecule has 2 aromatic rings. The third-order valence-electron chi connectivity index (χ3n) is 5.95. The highest BCUT2D eigenvalue weighted by Crippen LogP contribution is 2.26. The average molecular weight is 452 g/mol. The van der Waals surface area contributed by atoms with E-state index in [0.29, 0.717) is 24.4 Å². The third-order valence-corrected chi connectivity index (χ3v) is 5.95. The second kappa shape index (κ2) is 12.0. The van der Waals surface area contributed by atoms with Crippen molar-refractivity contribution in [2.24, 2.45) is 22.5 Å². The van der Waals surface area contributed by atoms with E-state index in [2.05, 4.69) is 44.5 Å². The molecule has 0 unspecified atom stereocenters. The summed E-state index contributed by atoms with van der Waals surface area (Å²) in [6.45, 7) is 3.72. The quantitative estimate of drug-likeness (QED) is 0.233. The van der Waals surface area contributed by atoms with E-state index in [1.54, 1.807) is 12.1 Å². The van der Waals surface area contributed by atoms with Crippen molar-refractivity contribution in [1.29, 1.82) is 0 Å². The molecule has 8 heteroatoms. The number of anilines is 1. The van der Waals surface area contributed by atoms with Crippen molar-refractivity contribution in [2.75, 3.05) is 18.0 Å². The number of hydrogen-bond donors (Lipinski definition) is 3. The number of nitrogens with zero attached hydrogens (tertiary/aromatic N) is 2. The Morgan fingerprint density at radius 3 is 2.42 bits per heavy atom. The Bertz CT molecular complexity index is 938. The van der Waals surface area contributed by atoms with Gasteiger partial charge in [0.15, 0.2) is 5.84 Å². The zero-order chi connectivity index (χ0) is 23.6. The standard InChI is InChI=1S/C25H33N5O3/c1-18(31)33-29-24(27)21-10-7-20(8-11-21)17-28-25(32)23(26)12-9-19-13-15-30(16-14-19)22-5-3-2-4-6-22/h2-8,10-11,19,23H,9,12-17,26H2,1H3,(H2,27,29)(H,28,32)/t23-/m0/s1. The third kappa shape index (κ3) is 7.61. The number of rotatable bonds is 9. The highest BCUT2D eigenvalue weighted by atomic mass is 16.7. The van der Waals surface area contributed by atoms with E-state index in [1.807, 2.05) is 18.2 Å². The maximum absolute atomic E-state index is 12.4. The van der Waals surface area contributed by atoms with Gasteiger partial charge in [-0.2, -0.15) is 0 Å². The van der Waals surface area contributed by atoms with Crippen LogP contribution in [0.2, 0.25) is 0 Å². The van der Waals surface area contributed by atoms with Crippen molar-refractivity contribution < 1.29 is 14.4 Å². The van der Waals surface area contributed by atoms with E-state index in [4.69, 9.17) is 11.5 Å². The Balaban J connectivity index is 1.37. The summed E-state index contributed by atoms with van der Waals surface area (Å²) in [4.78, 5) is 30.2. The Labute approximate surface area is 195 Å². The molecule has 0 saturated carbocycles. The molecule has 0 aliphatic carbocycles. The smallest absolute Gasteiger partial charge is 0.332 e. The molecule has 0 aromatic heterocycles. The highest BCUT2D eigenvalue weighted by molar-refractivity contribution is 5.97. The summed E-state index contributed by atoms with van der Waals surface area (Å²) in [6, 6.07) is 17.2. The number of nitrogens with one attached hydrogen (secondary N) is 1. The van der Waals surface area contributed by atoms with Gasteiger partial charge in [-0.1, -0.05) is 47.6 Å². The molecule has 33 heavy (non-hydrogen) atoms. The Kier molecular flexibility index (Phi) is 8.83. The minimum absolute atomic E-state index is 0.109. The number of piperidine rings is 1. The van der Waals surface area contributed by atoms with Crippen LogP contribution in [0.4, 0.5) is 5.69 Å². The van der Waals surface area contributed by atoms with Gasteiger partial charge in [0.25, 0.3) is 0 Å². The lowest BCUT2D eigenvalue weighted by Gasteiger charge is -2.34. The van der Waals surface area contributed by atoms with Gasteiger partial charge in [0, 0.05) is 37.8 Å². The van der Waals surface area contributed by atoms with Crippen LogP contribution in [0.5, 0.6) is 0 Å². The molecule has 176 valence electrons. The minimum atomic E-state index is -0.536. The number of amidine groups is 1. The van der Waals surface area contributed by atoms with E-state index < -0.39 is 12.0 Å². The van der Waals surface area contributed by atoms with Crippen molar-refractivity contribution in [1.82, 2.24) is 5.32 Å². The fourth-order valence-corrected chi connectivity index (χ4v) is 3.94. The van der Waals surface area contributed by atoms with Gasteiger partial charge in [-0.25, -0.2) is 4.79 Å². The largest absolute Gasteiger partial charge is 0.380 e. The molecule has 2 aromatic carbocycles. The molecule has 1 saturated heterocycles. The first kappa shape index (κ1) is 24.3. The fraction of sp³-hybridized carbons (Fsp3) is 0.400. The molecule has 1 aliphatic rings. The topological polar surface area (TPSA) is 123 Å². The lowest BCUT2D eigenvalue weighted by atomic mass is 9.90. The van der Waals surface area contributed by atoms with Crippen LogP contribution in [0.15, 0.2) is 59.8 Å². The molecule has 0 bridgehead atoms. The summed E-state index contributed by atoms with van der Waals surface area (Å²) in [5.41, 5.74) is 14.7. The average Bonchev–Trinajstić information content (AvgIpc) is 2.85. The zero-order valence-corrected chi connectivity index (χ0v) is 19.1. The van der Waals surface area contributed by atoms with Gasteiger partial charge >= 0.3 is 5.97 Å². The minimum Gasteiger partial charge on any atom is -0.380 e. The predicted molar refractivity (Wildman–Crippen MR) is 129 cm³/mol. The van der Waals surface area contributed by atoms with Crippen LogP contribution in [0.1, 0.15) is 43.7 Å². The number of benzene rings is 2. The summed E-state index contributed by atoms with van der Waals surface area (Å²) in [5.74, 6) is 0.0378. The highest BCUT2D eigenvalue weighted by Gasteiger charge is 2.21. The first-order valence-corrected chi connectivity index (χ1v) is 11.4. The summed E-state index contributed by atoms with van der Waals surface area (Å²) in [6.07, 6.45) is 3.90. The number of carbonyl (C=O) groups excluding carboxylic acids is 2. The van der Waals surface area contributed by atoms with Crippen molar-refractivity contribution >= 4 is 23.4 Å². The van der Waals surface area contributed by atoms with Gasteiger partial charge in [-0.3, -0.25) is 4.79 Å². The molecule has 8 nitrogen and oxygen atoms in total. The van der Waals surface area contributed by atoms with Gasteiger partial charge in [-0.15, -0.1) is 0 Å². The number of carbonyl (C=O) groups is 2. The van der Waals surface area contributed by atoms with Crippen LogP contribution in [0.3, 0.4) is 0 Å². The summed E-state index contributed by atoms with van der Waals surface area (Å²) in [5, 5.41) is 6.46. The SMILES string of the molecule is CC(=O)ON=C(N)c1ccc(CNC(=O)[C@@H](N)CCC2CCN(c3ccccc3)CC2)cc1. The Hall–Kier alpha value is -3.39. The number of amides is 1. The molecule has 3 rings (SSSR count). The van der Waals surface area contributed by atoms with Crippen molar-refractivity contribution in [3.05, 3.63) is 65.7 Å². The van der Waals surface area contributed by atoms with Crippen LogP contribution in [-0.4, -0.2) is 36.8 Å². The van der Waals surface area contributed by atoms with E-state index in [-0.39, 0.29) is 11.7 Å². The molecule has 1 atom stereocenters. The first-order chi connectivity index (χ1) is 15.9. The normalized spacial score (nSPS) is 15.7. The predicted octanol–water partition coefficient (Wildman–Crippen LogP) is 2.51. The Morgan fingerprint density at radius 2 is 1.79 bits per heavy atom. The summed E-state index contributed by atoms with van der Waals surface area (Å²) >= 11 is 0. The fourth-order valence-electron chi connectivity index (χ4n) is 3.94. The second-order valence-corrected chi connectivity index (χ2v) is 8.42.